The van der Waals surface area contributed by atoms with Gasteiger partial charge in [-0.2, -0.15) is 0 Å². The molecule has 0 spiro atoms. The first kappa shape index (κ1) is 8.78. The molecule has 1 nitrogen and oxygen atoms in total. The van der Waals surface area contributed by atoms with Crippen molar-refractivity contribution >= 4 is 27.7 Å². The molecule has 67 valence electrons. The predicted molar refractivity (Wildman–Crippen MR) is 60.4 cm³/mol. The molecule has 0 amide bonds. The Labute approximate surface area is 85.8 Å². The monoisotopic (exact) mass is 208 g/mol. The third-order valence-corrected chi connectivity index (χ3v) is 3.80. The standard InChI is InChI=1S/C10H10NS2/c1-6-7(2)13-10(11)9(6)8-3-4-12-5-8/h3-4H,11H2,1-2H3. The van der Waals surface area contributed by atoms with Crippen LogP contribution in [0.5, 0.6) is 0 Å². The van der Waals surface area contributed by atoms with E-state index < -0.39 is 0 Å². The van der Waals surface area contributed by atoms with Gasteiger partial charge in [-0.05, 0) is 30.9 Å². The molecule has 3 heteroatoms. The first-order valence-electron chi connectivity index (χ1n) is 4.01. The Morgan fingerprint density at radius 1 is 1.38 bits per heavy atom. The van der Waals surface area contributed by atoms with Gasteiger partial charge in [0, 0.05) is 16.0 Å². The summed E-state index contributed by atoms with van der Waals surface area (Å²) in [7, 11) is 0. The molecule has 0 saturated carbocycles. The van der Waals surface area contributed by atoms with Gasteiger partial charge in [0.2, 0.25) is 0 Å². The van der Waals surface area contributed by atoms with Gasteiger partial charge in [0.1, 0.15) is 0 Å². The van der Waals surface area contributed by atoms with E-state index >= 15 is 0 Å². The molecular weight excluding hydrogens is 198 g/mol. The van der Waals surface area contributed by atoms with E-state index in [9.17, 15) is 0 Å². The van der Waals surface area contributed by atoms with Crippen molar-refractivity contribution in [2.24, 2.45) is 0 Å². The van der Waals surface area contributed by atoms with Gasteiger partial charge in [-0.3, -0.25) is 0 Å². The molecule has 0 bridgehead atoms. The quantitative estimate of drug-likeness (QED) is 0.763. The number of nitrogen functional groups attached to an aromatic ring is 1. The molecule has 13 heavy (non-hydrogen) atoms. The molecule has 2 N–H and O–H groups in total. The summed E-state index contributed by atoms with van der Waals surface area (Å²) < 4.78 is 0. The van der Waals surface area contributed by atoms with Crippen LogP contribution >= 0.6 is 22.7 Å². The topological polar surface area (TPSA) is 26.0 Å². The van der Waals surface area contributed by atoms with Gasteiger partial charge < -0.3 is 5.73 Å². The fourth-order valence-electron chi connectivity index (χ4n) is 1.36. The molecule has 0 unspecified atom stereocenters. The van der Waals surface area contributed by atoms with E-state index in [2.05, 4.69) is 25.3 Å². The molecule has 1 radical (unpaired) electrons. The summed E-state index contributed by atoms with van der Waals surface area (Å²) in [5.41, 5.74) is 9.52. The van der Waals surface area contributed by atoms with Gasteiger partial charge >= 0.3 is 0 Å². The lowest BCUT2D eigenvalue weighted by atomic mass is 10.1. The number of anilines is 1. The van der Waals surface area contributed by atoms with Gasteiger partial charge in [0.05, 0.1) is 10.4 Å². The zero-order chi connectivity index (χ0) is 9.42. The van der Waals surface area contributed by atoms with Gasteiger partial charge in [0.15, 0.2) is 0 Å². The van der Waals surface area contributed by atoms with Crippen molar-refractivity contribution in [2.75, 3.05) is 5.73 Å². The van der Waals surface area contributed by atoms with Crippen molar-refractivity contribution in [3.63, 3.8) is 0 Å². The van der Waals surface area contributed by atoms with Crippen LogP contribution in [0.4, 0.5) is 5.00 Å². The molecule has 2 aromatic heterocycles. The lowest BCUT2D eigenvalue weighted by Gasteiger charge is -1.97. The lowest BCUT2D eigenvalue weighted by Crippen LogP contribution is -1.83. The smallest absolute Gasteiger partial charge is 0.0942 e. The number of nitrogens with two attached hydrogens (primary N) is 1. The molecule has 0 atom stereocenters. The average Bonchev–Trinajstić information content (AvgIpc) is 2.63. The van der Waals surface area contributed by atoms with E-state index in [0.29, 0.717) is 0 Å². The highest BCUT2D eigenvalue weighted by atomic mass is 32.1. The van der Waals surface area contributed by atoms with E-state index in [1.807, 2.05) is 5.38 Å². The molecule has 0 aliphatic heterocycles. The minimum Gasteiger partial charge on any atom is -0.390 e. The van der Waals surface area contributed by atoms with E-state index in [1.165, 1.54) is 16.0 Å². The van der Waals surface area contributed by atoms with Crippen LogP contribution < -0.4 is 5.73 Å². The maximum absolute atomic E-state index is 5.94. The lowest BCUT2D eigenvalue weighted by molar-refractivity contribution is 1.44. The zero-order valence-corrected chi connectivity index (χ0v) is 9.18. The van der Waals surface area contributed by atoms with Crippen LogP contribution in [0.15, 0.2) is 11.4 Å². The summed E-state index contributed by atoms with van der Waals surface area (Å²) in [5, 5.41) is 6.15. The summed E-state index contributed by atoms with van der Waals surface area (Å²) in [6, 6.07) is 2.06. The highest BCUT2D eigenvalue weighted by Gasteiger charge is 2.11. The van der Waals surface area contributed by atoms with E-state index in [-0.39, 0.29) is 0 Å². The van der Waals surface area contributed by atoms with Crippen LogP contribution in [0.1, 0.15) is 10.4 Å². The Hall–Kier alpha value is -0.800. The van der Waals surface area contributed by atoms with Gasteiger partial charge in [-0.15, -0.1) is 22.7 Å². The highest BCUT2D eigenvalue weighted by molar-refractivity contribution is 7.16. The fourth-order valence-corrected chi connectivity index (χ4v) is 2.88. The van der Waals surface area contributed by atoms with Crippen LogP contribution in [0, 0.1) is 19.2 Å². The SMILES string of the molecule is Cc1sc(N)c(-c2[c]scc2)c1C. The first-order valence-corrected chi connectivity index (χ1v) is 5.70. The Kier molecular flexibility index (Phi) is 2.14. The molecule has 0 saturated heterocycles. The fraction of sp³-hybridized carbons (Fsp3) is 0.200. The molecule has 2 rings (SSSR count). The average molecular weight is 208 g/mol. The van der Waals surface area contributed by atoms with Gasteiger partial charge in [-0.25, -0.2) is 0 Å². The normalized spacial score (nSPS) is 10.6. The molecular formula is C10H10NS2. The number of hydrogen-bond donors (Lipinski definition) is 1. The summed E-state index contributed by atoms with van der Waals surface area (Å²) in [6.45, 7) is 4.22. The Morgan fingerprint density at radius 3 is 2.62 bits per heavy atom. The van der Waals surface area contributed by atoms with Crippen molar-refractivity contribution in [3.05, 3.63) is 27.3 Å². The van der Waals surface area contributed by atoms with E-state index in [4.69, 9.17) is 5.73 Å². The number of rotatable bonds is 1. The van der Waals surface area contributed by atoms with Crippen LogP contribution in [0.2, 0.25) is 0 Å². The maximum atomic E-state index is 5.94. The summed E-state index contributed by atoms with van der Waals surface area (Å²) in [5.74, 6) is 0. The molecule has 0 aromatic carbocycles. The van der Waals surface area contributed by atoms with Crippen molar-refractivity contribution in [1.82, 2.24) is 0 Å². The van der Waals surface area contributed by atoms with Gasteiger partial charge in [0.25, 0.3) is 0 Å². The predicted octanol–water partition coefficient (Wildman–Crippen LogP) is 3.48. The summed E-state index contributed by atoms with van der Waals surface area (Å²) in [4.78, 5) is 1.30. The third kappa shape index (κ3) is 1.38. The molecule has 2 aromatic rings. The summed E-state index contributed by atoms with van der Waals surface area (Å²) >= 11 is 3.24. The number of hydrogen-bond acceptors (Lipinski definition) is 3. The zero-order valence-electron chi connectivity index (χ0n) is 7.55. The maximum Gasteiger partial charge on any atom is 0.0942 e. The van der Waals surface area contributed by atoms with Crippen molar-refractivity contribution < 1.29 is 0 Å². The van der Waals surface area contributed by atoms with Crippen molar-refractivity contribution in [1.29, 1.82) is 0 Å². The van der Waals surface area contributed by atoms with E-state index in [1.54, 1.807) is 22.7 Å². The summed E-state index contributed by atoms with van der Waals surface area (Å²) in [6.07, 6.45) is 0. The molecule has 0 aliphatic carbocycles. The van der Waals surface area contributed by atoms with Crippen LogP contribution in [-0.2, 0) is 0 Å². The number of aryl methyl sites for hydroxylation is 1. The number of thiophene rings is 2. The third-order valence-electron chi connectivity index (χ3n) is 2.15. The van der Waals surface area contributed by atoms with Crippen molar-refractivity contribution in [2.45, 2.75) is 13.8 Å². The van der Waals surface area contributed by atoms with Crippen LogP contribution in [0.25, 0.3) is 11.1 Å². The van der Waals surface area contributed by atoms with Crippen LogP contribution in [-0.4, -0.2) is 0 Å². The largest absolute Gasteiger partial charge is 0.390 e. The minimum absolute atomic E-state index is 0.907. The van der Waals surface area contributed by atoms with Crippen LogP contribution in [0.3, 0.4) is 0 Å². The first-order chi connectivity index (χ1) is 6.20. The second kappa shape index (κ2) is 3.16. The van der Waals surface area contributed by atoms with E-state index in [0.717, 1.165) is 10.6 Å². The molecule has 2 heterocycles. The Balaban J connectivity index is 2.64. The molecule has 0 aliphatic rings. The Bertz CT molecular complexity index is 412. The Morgan fingerprint density at radius 2 is 2.15 bits per heavy atom. The van der Waals surface area contributed by atoms with Crippen molar-refractivity contribution in [3.8, 4) is 11.1 Å². The minimum atomic E-state index is 0.907. The van der Waals surface area contributed by atoms with Gasteiger partial charge in [-0.1, -0.05) is 0 Å². The highest BCUT2D eigenvalue weighted by Crippen LogP contribution is 2.38. The second-order valence-electron chi connectivity index (χ2n) is 2.96. The molecule has 0 fully saturated rings. The second-order valence-corrected chi connectivity index (χ2v) is 4.93.